The Kier molecular flexibility index (Phi) is 8.88. The lowest BCUT2D eigenvalue weighted by molar-refractivity contribution is 0.0669. The molecule has 3 nitrogen and oxygen atoms in total. The van der Waals surface area contributed by atoms with E-state index in [9.17, 15) is 0 Å². The van der Waals surface area contributed by atoms with Crippen LogP contribution in [0.2, 0.25) is 0 Å². The number of methoxy groups -OCH3 is 1. The SMILES string of the molecule is CCCC(N)CCOCCOC. The van der Waals surface area contributed by atoms with Crippen LogP contribution in [0.25, 0.3) is 0 Å². The third-order valence-electron chi connectivity index (χ3n) is 1.72. The highest BCUT2D eigenvalue weighted by Crippen LogP contribution is 1.98. The smallest absolute Gasteiger partial charge is 0.0700 e. The molecule has 3 heteroatoms. The summed E-state index contributed by atoms with van der Waals surface area (Å²) in [5.41, 5.74) is 5.79. The molecule has 12 heavy (non-hydrogen) atoms. The third kappa shape index (κ3) is 7.98. The molecule has 0 aliphatic heterocycles. The van der Waals surface area contributed by atoms with Gasteiger partial charge in [0.2, 0.25) is 0 Å². The molecule has 0 aromatic heterocycles. The van der Waals surface area contributed by atoms with Gasteiger partial charge in [-0.05, 0) is 12.8 Å². The van der Waals surface area contributed by atoms with Crippen LogP contribution in [0.1, 0.15) is 26.2 Å². The van der Waals surface area contributed by atoms with E-state index in [1.165, 1.54) is 0 Å². The van der Waals surface area contributed by atoms with Crippen LogP contribution in [0.4, 0.5) is 0 Å². The molecule has 2 N–H and O–H groups in total. The lowest BCUT2D eigenvalue weighted by Gasteiger charge is -2.09. The van der Waals surface area contributed by atoms with Crippen molar-refractivity contribution in [2.45, 2.75) is 32.2 Å². The molecular weight excluding hydrogens is 154 g/mol. The van der Waals surface area contributed by atoms with Crippen molar-refractivity contribution in [3.63, 3.8) is 0 Å². The molecule has 0 bridgehead atoms. The largest absolute Gasteiger partial charge is 0.382 e. The molecule has 74 valence electrons. The van der Waals surface area contributed by atoms with Gasteiger partial charge in [-0.2, -0.15) is 0 Å². The number of hydrogen-bond donors (Lipinski definition) is 1. The highest BCUT2D eigenvalue weighted by atomic mass is 16.5. The van der Waals surface area contributed by atoms with Crippen molar-refractivity contribution in [3.05, 3.63) is 0 Å². The molecule has 0 spiro atoms. The van der Waals surface area contributed by atoms with Gasteiger partial charge in [0.25, 0.3) is 0 Å². The molecule has 0 aliphatic rings. The minimum Gasteiger partial charge on any atom is -0.382 e. The van der Waals surface area contributed by atoms with Gasteiger partial charge in [0.05, 0.1) is 13.2 Å². The third-order valence-corrected chi connectivity index (χ3v) is 1.72. The number of hydrogen-bond acceptors (Lipinski definition) is 3. The molecule has 0 radical (unpaired) electrons. The Balaban J connectivity index is 2.97. The van der Waals surface area contributed by atoms with Crippen molar-refractivity contribution in [1.82, 2.24) is 0 Å². The summed E-state index contributed by atoms with van der Waals surface area (Å²) in [6, 6.07) is 0.303. The minimum absolute atomic E-state index is 0.303. The molecule has 0 saturated carbocycles. The fraction of sp³-hybridized carbons (Fsp3) is 1.00. The fourth-order valence-corrected chi connectivity index (χ4v) is 0.994. The average molecular weight is 175 g/mol. The number of ether oxygens (including phenoxy) is 2. The van der Waals surface area contributed by atoms with E-state index in [-0.39, 0.29) is 0 Å². The summed E-state index contributed by atoms with van der Waals surface area (Å²) in [5, 5.41) is 0. The van der Waals surface area contributed by atoms with E-state index in [0.717, 1.165) is 25.9 Å². The van der Waals surface area contributed by atoms with E-state index in [0.29, 0.717) is 19.3 Å². The molecule has 0 saturated heterocycles. The van der Waals surface area contributed by atoms with Crippen LogP contribution in [-0.4, -0.2) is 33.0 Å². The highest BCUT2D eigenvalue weighted by molar-refractivity contribution is 4.58. The summed E-state index contributed by atoms with van der Waals surface area (Å²) >= 11 is 0. The first-order valence-electron chi connectivity index (χ1n) is 4.63. The standard InChI is InChI=1S/C9H21NO2/c1-3-4-9(10)5-6-12-8-7-11-2/h9H,3-8,10H2,1-2H3. The molecule has 1 unspecified atom stereocenters. The molecular formula is C9H21NO2. The van der Waals surface area contributed by atoms with E-state index < -0.39 is 0 Å². The predicted molar refractivity (Wildman–Crippen MR) is 50.2 cm³/mol. The van der Waals surface area contributed by atoms with Gasteiger partial charge in [0.1, 0.15) is 0 Å². The Morgan fingerprint density at radius 1 is 1.17 bits per heavy atom. The Bertz CT molecular complexity index is 88.6. The van der Waals surface area contributed by atoms with Crippen molar-refractivity contribution in [2.75, 3.05) is 26.9 Å². The van der Waals surface area contributed by atoms with Crippen LogP contribution in [-0.2, 0) is 9.47 Å². The van der Waals surface area contributed by atoms with Gasteiger partial charge in [0, 0.05) is 19.8 Å². The first-order chi connectivity index (χ1) is 5.81. The molecule has 1 atom stereocenters. The summed E-state index contributed by atoms with van der Waals surface area (Å²) < 4.78 is 10.1. The van der Waals surface area contributed by atoms with E-state index in [1.54, 1.807) is 7.11 Å². The molecule has 0 amide bonds. The van der Waals surface area contributed by atoms with Gasteiger partial charge in [0.15, 0.2) is 0 Å². The first-order valence-corrected chi connectivity index (χ1v) is 4.63. The van der Waals surface area contributed by atoms with Gasteiger partial charge < -0.3 is 15.2 Å². The maximum Gasteiger partial charge on any atom is 0.0700 e. The van der Waals surface area contributed by atoms with Gasteiger partial charge >= 0.3 is 0 Å². The fourth-order valence-electron chi connectivity index (χ4n) is 0.994. The molecule has 0 heterocycles. The van der Waals surface area contributed by atoms with Crippen LogP contribution >= 0.6 is 0 Å². The van der Waals surface area contributed by atoms with Crippen LogP contribution in [0.3, 0.4) is 0 Å². The average Bonchev–Trinajstić information content (AvgIpc) is 2.05. The van der Waals surface area contributed by atoms with Crippen molar-refractivity contribution in [1.29, 1.82) is 0 Å². The lowest BCUT2D eigenvalue weighted by atomic mass is 10.1. The quantitative estimate of drug-likeness (QED) is 0.563. The maximum absolute atomic E-state index is 5.79. The highest BCUT2D eigenvalue weighted by Gasteiger charge is 1.99. The van der Waals surface area contributed by atoms with Crippen molar-refractivity contribution < 1.29 is 9.47 Å². The van der Waals surface area contributed by atoms with Gasteiger partial charge in [-0.25, -0.2) is 0 Å². The van der Waals surface area contributed by atoms with Crippen molar-refractivity contribution >= 4 is 0 Å². The summed E-state index contributed by atoms with van der Waals surface area (Å²) in [6.07, 6.45) is 3.20. The molecule has 0 aromatic rings. The van der Waals surface area contributed by atoms with E-state index in [4.69, 9.17) is 15.2 Å². The first kappa shape index (κ1) is 11.9. The zero-order valence-electron chi connectivity index (χ0n) is 8.21. The summed E-state index contributed by atoms with van der Waals surface area (Å²) in [5.74, 6) is 0. The lowest BCUT2D eigenvalue weighted by Crippen LogP contribution is -2.21. The Morgan fingerprint density at radius 3 is 2.50 bits per heavy atom. The molecule has 0 fully saturated rings. The monoisotopic (exact) mass is 175 g/mol. The van der Waals surface area contributed by atoms with Crippen LogP contribution in [0.15, 0.2) is 0 Å². The van der Waals surface area contributed by atoms with Gasteiger partial charge in [-0.1, -0.05) is 13.3 Å². The topological polar surface area (TPSA) is 44.5 Å². The second-order valence-corrected chi connectivity index (χ2v) is 2.94. The second-order valence-electron chi connectivity index (χ2n) is 2.94. The molecule has 0 aliphatic carbocycles. The van der Waals surface area contributed by atoms with E-state index in [1.807, 2.05) is 0 Å². The van der Waals surface area contributed by atoms with E-state index in [2.05, 4.69) is 6.92 Å². The van der Waals surface area contributed by atoms with Gasteiger partial charge in [-0.3, -0.25) is 0 Å². The zero-order chi connectivity index (χ0) is 9.23. The number of nitrogens with two attached hydrogens (primary N) is 1. The summed E-state index contributed by atoms with van der Waals surface area (Å²) in [6.45, 7) is 4.24. The minimum atomic E-state index is 0.303. The summed E-state index contributed by atoms with van der Waals surface area (Å²) in [4.78, 5) is 0. The van der Waals surface area contributed by atoms with Crippen molar-refractivity contribution in [2.24, 2.45) is 5.73 Å². The van der Waals surface area contributed by atoms with Crippen molar-refractivity contribution in [3.8, 4) is 0 Å². The molecule has 0 aromatic carbocycles. The van der Waals surface area contributed by atoms with Crippen LogP contribution < -0.4 is 5.73 Å². The summed E-state index contributed by atoms with van der Waals surface area (Å²) in [7, 11) is 1.67. The molecule has 0 rings (SSSR count). The Hall–Kier alpha value is -0.120. The Morgan fingerprint density at radius 2 is 1.92 bits per heavy atom. The predicted octanol–water partition coefficient (Wildman–Crippen LogP) is 1.17. The zero-order valence-corrected chi connectivity index (χ0v) is 8.21. The Labute approximate surface area is 75.2 Å². The van der Waals surface area contributed by atoms with Gasteiger partial charge in [-0.15, -0.1) is 0 Å². The normalized spacial score (nSPS) is 13.2. The van der Waals surface area contributed by atoms with Crippen LogP contribution in [0, 0.1) is 0 Å². The second kappa shape index (κ2) is 8.97. The maximum atomic E-state index is 5.79. The van der Waals surface area contributed by atoms with Crippen LogP contribution in [0.5, 0.6) is 0 Å². The number of rotatable bonds is 8. The van der Waals surface area contributed by atoms with E-state index >= 15 is 0 Å².